The van der Waals surface area contributed by atoms with Crippen LogP contribution in [0.1, 0.15) is 2.74 Å². The number of nitrogens with zero attached hydrogens (tertiary/aromatic N) is 2. The van der Waals surface area contributed by atoms with E-state index < -0.39 is 0 Å². The molecular weight excluding hydrogens is 605 g/mol. The topological polar surface area (TPSA) is 6.48 Å². The third-order valence-electron chi connectivity index (χ3n) is 8.94. The normalized spacial score (nSPS) is 11.4. The minimum absolute atomic E-state index is 0.509. The number of anilines is 6. The van der Waals surface area contributed by atoms with Crippen LogP contribution in [0.25, 0.3) is 33.4 Å². The summed E-state index contributed by atoms with van der Waals surface area (Å²) in [5, 5.41) is 0. The second kappa shape index (κ2) is 14.2. The van der Waals surface area contributed by atoms with Crippen molar-refractivity contribution in [3.05, 3.63) is 218 Å². The summed E-state index contributed by atoms with van der Waals surface area (Å²) in [6, 6.07) is 71.8. The lowest BCUT2D eigenvalue weighted by Gasteiger charge is -2.26. The van der Waals surface area contributed by atoms with Gasteiger partial charge in [0.25, 0.3) is 0 Å². The van der Waals surface area contributed by atoms with Crippen molar-refractivity contribution in [2.45, 2.75) is 0 Å². The fourth-order valence-electron chi connectivity index (χ4n) is 6.41. The zero-order chi connectivity index (χ0) is 35.3. The van der Waals surface area contributed by atoms with Crippen molar-refractivity contribution in [3.8, 4) is 33.4 Å². The first kappa shape index (κ1) is 28.4. The van der Waals surface area contributed by atoms with Gasteiger partial charge in [-0.25, -0.2) is 0 Å². The maximum absolute atomic E-state index is 8.02. The van der Waals surface area contributed by atoms with Crippen LogP contribution in [0.4, 0.5) is 34.1 Å². The van der Waals surface area contributed by atoms with Crippen LogP contribution >= 0.6 is 0 Å². The molecule has 0 aliphatic carbocycles. The zero-order valence-electron chi connectivity index (χ0n) is 29.5. The Morgan fingerprint density at radius 1 is 0.220 bits per heavy atom. The highest BCUT2D eigenvalue weighted by atomic mass is 15.1. The lowest BCUT2D eigenvalue weighted by molar-refractivity contribution is 1.28. The van der Waals surface area contributed by atoms with Crippen LogP contribution in [0, 0.1) is 0 Å². The summed E-state index contributed by atoms with van der Waals surface area (Å²) in [6.45, 7) is 0. The largest absolute Gasteiger partial charge is 0.311 e. The summed E-state index contributed by atoms with van der Waals surface area (Å²) >= 11 is 0. The molecule has 0 bridgehead atoms. The van der Waals surface area contributed by atoms with Crippen molar-refractivity contribution in [1.82, 2.24) is 0 Å². The summed E-state index contributed by atoms with van der Waals surface area (Å²) in [6.07, 6.45) is 0. The Hall–Kier alpha value is -6.64. The van der Waals surface area contributed by atoms with Gasteiger partial charge < -0.3 is 9.80 Å². The predicted octanol–water partition coefficient (Wildman–Crippen LogP) is 13.6. The Balaban J connectivity index is 1.07. The van der Waals surface area contributed by atoms with Gasteiger partial charge in [-0.15, -0.1) is 0 Å². The summed E-state index contributed by atoms with van der Waals surface area (Å²) in [5.74, 6) is 0. The van der Waals surface area contributed by atoms with Crippen LogP contribution < -0.4 is 9.80 Å². The first-order chi connectivity index (χ1) is 25.6. The molecule has 8 aromatic rings. The molecule has 2 heteroatoms. The minimum Gasteiger partial charge on any atom is -0.311 e. The second-order valence-electron chi connectivity index (χ2n) is 12.1. The Morgan fingerprint density at radius 2 is 0.460 bits per heavy atom. The van der Waals surface area contributed by atoms with E-state index in [0.29, 0.717) is 12.1 Å². The SMILES string of the molecule is [3H]c1cccc(-c2ccc(N(c3ccccc3)c3ccc(-c4ccc(N(c5ccccc5)c5ccc(-c6cccc([3H])c6)cc5)cc4)cc3)cc2)c1. The molecule has 0 radical (unpaired) electrons. The van der Waals surface area contributed by atoms with Crippen LogP contribution in [-0.2, 0) is 0 Å². The molecule has 0 amide bonds. The predicted molar refractivity (Wildman–Crippen MR) is 212 cm³/mol. The summed E-state index contributed by atoms with van der Waals surface area (Å²) < 4.78 is 16.0. The standard InChI is InChI=1S/C48H36N2/c1-5-13-37(14-6-1)39-21-29-45(30-22-39)49(43-17-9-3-10-18-43)47-33-25-41(26-34-47)42-27-35-48(36-28-42)50(44-19-11-4-12-20-44)46-31-23-40(24-32-46)38-15-7-2-8-16-38/h1-36H/i5T,7T. The molecule has 0 N–H and O–H groups in total. The van der Waals surface area contributed by atoms with E-state index in [0.717, 1.165) is 67.5 Å². The van der Waals surface area contributed by atoms with Gasteiger partial charge in [0.1, 0.15) is 0 Å². The van der Waals surface area contributed by atoms with Gasteiger partial charge in [-0.2, -0.15) is 0 Å². The van der Waals surface area contributed by atoms with Crippen molar-refractivity contribution in [2.75, 3.05) is 9.80 Å². The summed E-state index contributed by atoms with van der Waals surface area (Å²) in [7, 11) is 0. The molecule has 238 valence electrons. The maximum atomic E-state index is 8.02. The molecule has 0 atom stereocenters. The third-order valence-corrected chi connectivity index (χ3v) is 8.94. The van der Waals surface area contributed by atoms with E-state index in [9.17, 15) is 0 Å². The minimum atomic E-state index is 0.509. The Kier molecular flexibility index (Phi) is 8.08. The van der Waals surface area contributed by atoms with E-state index in [1.807, 2.05) is 48.5 Å². The number of hydrogen-bond donors (Lipinski definition) is 0. The highest BCUT2D eigenvalue weighted by Crippen LogP contribution is 2.39. The third kappa shape index (κ3) is 6.56. The number of hydrogen-bond acceptors (Lipinski definition) is 2. The van der Waals surface area contributed by atoms with Gasteiger partial charge >= 0.3 is 0 Å². The van der Waals surface area contributed by atoms with Crippen LogP contribution in [0.5, 0.6) is 0 Å². The first-order valence-corrected chi connectivity index (χ1v) is 16.8. The molecule has 2 nitrogen and oxygen atoms in total. The first-order valence-electron chi connectivity index (χ1n) is 17.8. The van der Waals surface area contributed by atoms with Crippen LogP contribution in [0.2, 0.25) is 0 Å². The lowest BCUT2D eigenvalue weighted by atomic mass is 10.0. The zero-order valence-corrected chi connectivity index (χ0v) is 27.5. The highest BCUT2D eigenvalue weighted by molar-refractivity contribution is 5.82. The maximum Gasteiger partial charge on any atom is 0.0623 e. The Bertz CT molecular complexity index is 2220. The second-order valence-corrected chi connectivity index (χ2v) is 12.1. The molecule has 8 rings (SSSR count). The molecule has 0 fully saturated rings. The van der Waals surface area contributed by atoms with Gasteiger partial charge in [0.2, 0.25) is 0 Å². The molecule has 0 aromatic heterocycles. The van der Waals surface area contributed by atoms with Gasteiger partial charge in [0.05, 0.1) is 2.74 Å². The molecule has 8 aromatic carbocycles. The summed E-state index contributed by atoms with van der Waals surface area (Å²) in [5.41, 5.74) is 13.0. The fraction of sp³-hybridized carbons (Fsp3) is 0. The van der Waals surface area contributed by atoms with E-state index >= 15 is 0 Å². The molecule has 0 aliphatic heterocycles. The van der Waals surface area contributed by atoms with Crippen LogP contribution in [0.15, 0.2) is 218 Å². The van der Waals surface area contributed by atoms with Crippen LogP contribution in [-0.4, -0.2) is 0 Å². The Labute approximate surface area is 297 Å². The van der Waals surface area contributed by atoms with E-state index in [4.69, 9.17) is 2.74 Å². The quantitative estimate of drug-likeness (QED) is 0.154. The van der Waals surface area contributed by atoms with Gasteiger partial charge in [0, 0.05) is 34.1 Å². The van der Waals surface area contributed by atoms with E-state index in [1.165, 1.54) is 0 Å². The lowest BCUT2D eigenvalue weighted by Crippen LogP contribution is -2.10. The number of rotatable bonds is 9. The van der Waals surface area contributed by atoms with Crippen molar-refractivity contribution < 1.29 is 2.74 Å². The van der Waals surface area contributed by atoms with E-state index in [1.54, 1.807) is 12.1 Å². The molecule has 0 spiro atoms. The van der Waals surface area contributed by atoms with E-state index in [2.05, 4.69) is 155 Å². The molecule has 0 saturated carbocycles. The van der Waals surface area contributed by atoms with E-state index in [-0.39, 0.29) is 0 Å². The monoisotopic (exact) mass is 644 g/mol. The highest BCUT2D eigenvalue weighted by Gasteiger charge is 2.15. The van der Waals surface area contributed by atoms with Crippen LogP contribution in [0.3, 0.4) is 0 Å². The molecule has 50 heavy (non-hydrogen) atoms. The molecule has 0 heterocycles. The van der Waals surface area contributed by atoms with Crippen molar-refractivity contribution >= 4 is 34.1 Å². The number of para-hydroxylation sites is 2. The van der Waals surface area contributed by atoms with Crippen molar-refractivity contribution in [1.29, 1.82) is 0 Å². The van der Waals surface area contributed by atoms with Gasteiger partial charge in [-0.1, -0.05) is 146 Å². The molecular formula is C48H36N2. The average molecular weight is 645 g/mol. The van der Waals surface area contributed by atoms with Gasteiger partial charge in [0.15, 0.2) is 0 Å². The molecule has 0 saturated heterocycles. The van der Waals surface area contributed by atoms with Gasteiger partial charge in [-0.05, 0) is 106 Å². The van der Waals surface area contributed by atoms with Gasteiger partial charge in [-0.3, -0.25) is 0 Å². The van der Waals surface area contributed by atoms with Crippen molar-refractivity contribution in [2.24, 2.45) is 0 Å². The van der Waals surface area contributed by atoms with Crippen molar-refractivity contribution in [3.63, 3.8) is 0 Å². The number of benzene rings is 8. The fourth-order valence-corrected chi connectivity index (χ4v) is 6.41. The smallest absolute Gasteiger partial charge is 0.0623 e. The summed E-state index contributed by atoms with van der Waals surface area (Å²) in [4.78, 5) is 4.54. The Morgan fingerprint density at radius 3 is 0.740 bits per heavy atom. The average Bonchev–Trinajstić information content (AvgIpc) is 3.20. The molecule has 0 unspecified atom stereocenters. The molecule has 0 aliphatic rings.